The Morgan fingerprint density at radius 2 is 1.79 bits per heavy atom. The zero-order valence-electron chi connectivity index (χ0n) is 19.0. The van der Waals surface area contributed by atoms with Crippen LogP contribution in [0.2, 0.25) is 0 Å². The maximum atomic E-state index is 13.1. The highest BCUT2D eigenvalue weighted by atomic mass is 19.1. The summed E-state index contributed by atoms with van der Waals surface area (Å²) in [6.07, 6.45) is 4.33. The van der Waals surface area contributed by atoms with Gasteiger partial charge in [0.05, 0.1) is 30.4 Å². The van der Waals surface area contributed by atoms with Crippen LogP contribution < -0.4 is 15.5 Å². The molecule has 1 fully saturated rings. The normalized spacial score (nSPS) is 16.5. The SMILES string of the molecule is CN1CCN(Cc2ccc3c(c2)N(c2cncc(NCCc4ccc(F)cc4)n2)CN3)CC1. The van der Waals surface area contributed by atoms with Gasteiger partial charge in [0.15, 0.2) is 5.82 Å². The molecule has 0 amide bonds. The highest BCUT2D eigenvalue weighted by Crippen LogP contribution is 2.37. The van der Waals surface area contributed by atoms with Gasteiger partial charge in [-0.2, -0.15) is 0 Å². The van der Waals surface area contributed by atoms with Crippen LogP contribution in [-0.4, -0.2) is 66.2 Å². The molecular formula is C25H30FN7. The molecule has 0 aliphatic carbocycles. The first-order chi connectivity index (χ1) is 16.1. The molecule has 2 aliphatic rings. The van der Waals surface area contributed by atoms with E-state index in [1.54, 1.807) is 12.4 Å². The van der Waals surface area contributed by atoms with Gasteiger partial charge in [-0.05, 0) is 48.9 Å². The highest BCUT2D eigenvalue weighted by molar-refractivity contribution is 5.80. The predicted molar refractivity (Wildman–Crippen MR) is 130 cm³/mol. The average Bonchev–Trinajstić information content (AvgIpc) is 3.25. The van der Waals surface area contributed by atoms with Gasteiger partial charge in [-0.1, -0.05) is 18.2 Å². The predicted octanol–water partition coefficient (Wildman–Crippen LogP) is 3.54. The first kappa shape index (κ1) is 21.6. The number of rotatable bonds is 7. The summed E-state index contributed by atoms with van der Waals surface area (Å²) in [6.45, 7) is 6.78. The van der Waals surface area contributed by atoms with E-state index in [0.29, 0.717) is 13.2 Å². The van der Waals surface area contributed by atoms with Crippen LogP contribution >= 0.6 is 0 Å². The Morgan fingerprint density at radius 3 is 2.61 bits per heavy atom. The van der Waals surface area contributed by atoms with E-state index in [1.807, 2.05) is 12.1 Å². The summed E-state index contributed by atoms with van der Waals surface area (Å²) >= 11 is 0. The molecule has 2 aromatic carbocycles. The van der Waals surface area contributed by atoms with Crippen LogP contribution in [0.25, 0.3) is 0 Å². The van der Waals surface area contributed by atoms with E-state index < -0.39 is 0 Å². The number of benzene rings is 2. The molecule has 5 rings (SSSR count). The summed E-state index contributed by atoms with van der Waals surface area (Å²) in [5.41, 5.74) is 4.65. The Bertz CT molecular complexity index is 1080. The summed E-state index contributed by atoms with van der Waals surface area (Å²) in [6, 6.07) is 13.3. The molecule has 0 radical (unpaired) electrons. The molecule has 0 atom stereocenters. The summed E-state index contributed by atoms with van der Waals surface area (Å²) in [5, 5.41) is 6.80. The van der Waals surface area contributed by atoms with E-state index in [9.17, 15) is 4.39 Å². The van der Waals surface area contributed by atoms with Crippen LogP contribution in [0.3, 0.4) is 0 Å². The van der Waals surface area contributed by atoms with Gasteiger partial charge >= 0.3 is 0 Å². The molecular weight excluding hydrogens is 417 g/mol. The average molecular weight is 448 g/mol. The lowest BCUT2D eigenvalue weighted by molar-refractivity contribution is 0.148. The third-order valence-corrected chi connectivity index (χ3v) is 6.31. The van der Waals surface area contributed by atoms with E-state index in [4.69, 9.17) is 4.98 Å². The minimum absolute atomic E-state index is 0.212. The van der Waals surface area contributed by atoms with Crippen molar-refractivity contribution in [1.29, 1.82) is 0 Å². The minimum Gasteiger partial charge on any atom is -0.368 e. The number of anilines is 4. The summed E-state index contributed by atoms with van der Waals surface area (Å²) in [7, 11) is 2.18. The monoisotopic (exact) mass is 447 g/mol. The fourth-order valence-electron chi connectivity index (χ4n) is 4.32. The van der Waals surface area contributed by atoms with Gasteiger partial charge in [-0.3, -0.25) is 9.88 Å². The van der Waals surface area contributed by atoms with Crippen LogP contribution in [0, 0.1) is 5.82 Å². The molecule has 3 heterocycles. The molecule has 1 saturated heterocycles. The van der Waals surface area contributed by atoms with Crippen LogP contribution in [0.1, 0.15) is 11.1 Å². The number of fused-ring (bicyclic) bond motifs is 1. The van der Waals surface area contributed by atoms with Crippen LogP contribution in [0.5, 0.6) is 0 Å². The molecule has 0 bridgehead atoms. The van der Waals surface area contributed by atoms with Crippen molar-refractivity contribution in [3.63, 3.8) is 0 Å². The number of nitrogens with zero attached hydrogens (tertiary/aromatic N) is 5. The van der Waals surface area contributed by atoms with Crippen molar-refractivity contribution < 1.29 is 4.39 Å². The summed E-state index contributed by atoms with van der Waals surface area (Å²) < 4.78 is 13.1. The fraction of sp³-hybridized carbons (Fsp3) is 0.360. The topological polar surface area (TPSA) is 59.6 Å². The van der Waals surface area contributed by atoms with E-state index in [1.165, 1.54) is 17.7 Å². The molecule has 0 unspecified atom stereocenters. The molecule has 7 nitrogen and oxygen atoms in total. The lowest BCUT2D eigenvalue weighted by atomic mass is 10.1. The Morgan fingerprint density at radius 1 is 1.00 bits per heavy atom. The Balaban J connectivity index is 1.24. The molecule has 33 heavy (non-hydrogen) atoms. The number of likely N-dealkylation sites (N-methyl/N-ethyl adjacent to an activating group) is 1. The van der Waals surface area contributed by atoms with Gasteiger partial charge < -0.3 is 20.4 Å². The largest absolute Gasteiger partial charge is 0.368 e. The number of halogens is 1. The lowest BCUT2D eigenvalue weighted by Crippen LogP contribution is -2.43. The van der Waals surface area contributed by atoms with Crippen molar-refractivity contribution in [2.24, 2.45) is 0 Å². The van der Waals surface area contributed by atoms with Crippen LogP contribution in [0.4, 0.5) is 27.4 Å². The van der Waals surface area contributed by atoms with Gasteiger partial charge in [0.25, 0.3) is 0 Å². The highest BCUT2D eigenvalue weighted by Gasteiger charge is 2.23. The van der Waals surface area contributed by atoms with E-state index in [0.717, 1.165) is 67.7 Å². The second-order valence-electron chi connectivity index (χ2n) is 8.76. The number of hydrogen-bond donors (Lipinski definition) is 2. The standard InChI is InChI=1S/C25H30FN7/c1-31-10-12-32(13-11-31)17-20-4-7-22-23(14-20)33(18-29-22)25-16-27-15-24(30-25)28-9-8-19-2-5-21(26)6-3-19/h2-7,14-16,29H,8-13,17-18H2,1H3,(H,28,30). The number of nitrogens with one attached hydrogen (secondary N) is 2. The summed E-state index contributed by atoms with van der Waals surface area (Å²) in [4.78, 5) is 16.3. The number of piperazine rings is 1. The summed E-state index contributed by atoms with van der Waals surface area (Å²) in [5.74, 6) is 1.33. The maximum Gasteiger partial charge on any atom is 0.155 e. The second kappa shape index (κ2) is 9.72. The Labute approximate surface area is 194 Å². The number of hydrogen-bond acceptors (Lipinski definition) is 7. The molecule has 2 aliphatic heterocycles. The Kier molecular flexibility index (Phi) is 6.37. The number of aromatic nitrogens is 2. The van der Waals surface area contributed by atoms with Crippen molar-refractivity contribution >= 4 is 23.0 Å². The van der Waals surface area contributed by atoms with Crippen molar-refractivity contribution in [3.05, 3.63) is 71.8 Å². The molecule has 8 heteroatoms. The quantitative estimate of drug-likeness (QED) is 0.575. The fourth-order valence-corrected chi connectivity index (χ4v) is 4.32. The van der Waals surface area contributed by atoms with Gasteiger partial charge in [-0.15, -0.1) is 0 Å². The van der Waals surface area contributed by atoms with Crippen molar-refractivity contribution in [2.45, 2.75) is 13.0 Å². The van der Waals surface area contributed by atoms with Gasteiger partial charge in [0, 0.05) is 39.3 Å². The van der Waals surface area contributed by atoms with Crippen molar-refractivity contribution in [1.82, 2.24) is 19.8 Å². The Hall–Kier alpha value is -3.23. The molecule has 0 spiro atoms. The molecule has 3 aromatic rings. The molecule has 0 saturated carbocycles. The van der Waals surface area contributed by atoms with Gasteiger partial charge in [0.2, 0.25) is 0 Å². The third kappa shape index (κ3) is 5.23. The zero-order chi connectivity index (χ0) is 22.6. The first-order valence-corrected chi connectivity index (χ1v) is 11.5. The smallest absolute Gasteiger partial charge is 0.155 e. The lowest BCUT2D eigenvalue weighted by Gasteiger charge is -2.32. The third-order valence-electron chi connectivity index (χ3n) is 6.31. The van der Waals surface area contributed by atoms with Crippen LogP contribution in [0.15, 0.2) is 54.9 Å². The van der Waals surface area contributed by atoms with Crippen molar-refractivity contribution in [2.75, 3.05) is 62.0 Å². The molecule has 2 N–H and O–H groups in total. The van der Waals surface area contributed by atoms with Gasteiger partial charge in [0.1, 0.15) is 11.6 Å². The first-order valence-electron chi connectivity index (χ1n) is 11.5. The molecule has 172 valence electrons. The molecule has 1 aromatic heterocycles. The van der Waals surface area contributed by atoms with Gasteiger partial charge in [-0.25, -0.2) is 9.37 Å². The maximum absolute atomic E-state index is 13.1. The zero-order valence-corrected chi connectivity index (χ0v) is 19.0. The minimum atomic E-state index is -0.212. The van der Waals surface area contributed by atoms with Crippen LogP contribution in [-0.2, 0) is 13.0 Å². The second-order valence-corrected chi connectivity index (χ2v) is 8.76. The van der Waals surface area contributed by atoms with Crippen molar-refractivity contribution in [3.8, 4) is 0 Å². The van der Waals surface area contributed by atoms with E-state index >= 15 is 0 Å². The van der Waals surface area contributed by atoms with E-state index in [-0.39, 0.29) is 5.82 Å². The van der Waals surface area contributed by atoms with E-state index in [2.05, 4.69) is 55.6 Å².